The maximum absolute atomic E-state index is 10.5. The first-order chi connectivity index (χ1) is 9.52. The number of carbonyl (C=O) groups is 1. The molecular formula is C14H21NO5. The molecule has 0 spiro atoms. The third-order valence-corrected chi connectivity index (χ3v) is 2.43. The molecule has 0 heterocycles. The minimum atomic E-state index is -1.03. The minimum Gasteiger partial charge on any atom is -0.490 e. The lowest BCUT2D eigenvalue weighted by Crippen LogP contribution is -2.23. The van der Waals surface area contributed by atoms with Crippen molar-refractivity contribution in [2.24, 2.45) is 0 Å². The lowest BCUT2D eigenvalue weighted by atomic mass is 10.2. The van der Waals surface area contributed by atoms with Crippen LogP contribution in [0.3, 0.4) is 0 Å². The Labute approximate surface area is 118 Å². The molecule has 0 aliphatic carbocycles. The van der Waals surface area contributed by atoms with Crippen LogP contribution in [0.1, 0.15) is 19.4 Å². The van der Waals surface area contributed by atoms with Gasteiger partial charge >= 0.3 is 5.97 Å². The summed E-state index contributed by atoms with van der Waals surface area (Å²) in [5, 5.41) is 20.9. The quantitative estimate of drug-likeness (QED) is 0.627. The Morgan fingerprint density at radius 1 is 1.35 bits per heavy atom. The zero-order valence-corrected chi connectivity index (χ0v) is 11.8. The van der Waals surface area contributed by atoms with E-state index in [-0.39, 0.29) is 0 Å². The first-order valence-electron chi connectivity index (χ1n) is 6.52. The van der Waals surface area contributed by atoms with Crippen LogP contribution in [-0.2, 0) is 11.3 Å². The van der Waals surface area contributed by atoms with Gasteiger partial charge in [0, 0.05) is 13.1 Å². The number of aliphatic hydroxyl groups is 1. The van der Waals surface area contributed by atoms with Crippen molar-refractivity contribution in [2.75, 3.05) is 19.8 Å². The van der Waals surface area contributed by atoms with E-state index in [1.54, 1.807) is 19.1 Å². The number of carboxylic acids is 1. The SMILES string of the molecule is CCOc1cc(CNC[C@@H](C)O)ccc1OCC(=O)O. The van der Waals surface area contributed by atoms with Crippen LogP contribution in [0.15, 0.2) is 18.2 Å². The fraction of sp³-hybridized carbons (Fsp3) is 0.500. The maximum Gasteiger partial charge on any atom is 0.341 e. The highest BCUT2D eigenvalue weighted by molar-refractivity contribution is 5.68. The van der Waals surface area contributed by atoms with Crippen LogP contribution >= 0.6 is 0 Å². The molecule has 0 radical (unpaired) electrons. The predicted molar refractivity (Wildman–Crippen MR) is 74.1 cm³/mol. The Morgan fingerprint density at radius 2 is 2.10 bits per heavy atom. The van der Waals surface area contributed by atoms with Gasteiger partial charge in [-0.15, -0.1) is 0 Å². The summed E-state index contributed by atoms with van der Waals surface area (Å²) in [6.07, 6.45) is -0.403. The average Bonchev–Trinajstić information content (AvgIpc) is 2.37. The summed E-state index contributed by atoms with van der Waals surface area (Å²) < 4.78 is 10.6. The molecule has 0 saturated heterocycles. The van der Waals surface area contributed by atoms with E-state index in [0.717, 1.165) is 5.56 Å². The van der Waals surface area contributed by atoms with Gasteiger partial charge in [-0.05, 0) is 31.5 Å². The number of nitrogens with one attached hydrogen (secondary N) is 1. The molecule has 0 bridgehead atoms. The highest BCUT2D eigenvalue weighted by Crippen LogP contribution is 2.28. The van der Waals surface area contributed by atoms with Gasteiger partial charge in [-0.3, -0.25) is 0 Å². The van der Waals surface area contributed by atoms with E-state index in [4.69, 9.17) is 14.6 Å². The van der Waals surface area contributed by atoms with E-state index >= 15 is 0 Å². The molecule has 3 N–H and O–H groups in total. The second kappa shape index (κ2) is 8.39. The lowest BCUT2D eigenvalue weighted by molar-refractivity contribution is -0.139. The van der Waals surface area contributed by atoms with Crippen molar-refractivity contribution in [3.63, 3.8) is 0 Å². The van der Waals surface area contributed by atoms with Crippen molar-refractivity contribution in [1.82, 2.24) is 5.32 Å². The molecule has 0 saturated carbocycles. The van der Waals surface area contributed by atoms with Crippen LogP contribution in [0, 0.1) is 0 Å². The fourth-order valence-electron chi connectivity index (χ4n) is 1.61. The van der Waals surface area contributed by atoms with E-state index < -0.39 is 18.7 Å². The summed E-state index contributed by atoms with van der Waals surface area (Å²) in [4.78, 5) is 10.5. The van der Waals surface area contributed by atoms with Gasteiger partial charge in [-0.1, -0.05) is 6.07 Å². The van der Waals surface area contributed by atoms with Gasteiger partial charge in [0.1, 0.15) is 0 Å². The van der Waals surface area contributed by atoms with Gasteiger partial charge in [0.05, 0.1) is 12.7 Å². The second-order valence-electron chi connectivity index (χ2n) is 4.38. The summed E-state index contributed by atoms with van der Waals surface area (Å²) in [5.74, 6) is -0.103. The molecular weight excluding hydrogens is 262 g/mol. The molecule has 1 atom stereocenters. The number of carboxylic acid groups (broad SMARTS) is 1. The molecule has 112 valence electrons. The summed E-state index contributed by atoms with van der Waals surface area (Å²) in [6, 6.07) is 5.32. The van der Waals surface area contributed by atoms with Crippen LogP contribution in [0.4, 0.5) is 0 Å². The van der Waals surface area contributed by atoms with Gasteiger partial charge in [-0.25, -0.2) is 4.79 Å². The number of ether oxygens (including phenoxy) is 2. The third kappa shape index (κ3) is 5.90. The van der Waals surface area contributed by atoms with E-state index in [9.17, 15) is 9.90 Å². The summed E-state index contributed by atoms with van der Waals surface area (Å²) in [7, 11) is 0. The highest BCUT2D eigenvalue weighted by Gasteiger charge is 2.08. The van der Waals surface area contributed by atoms with Crippen molar-refractivity contribution >= 4 is 5.97 Å². The number of aliphatic hydroxyl groups excluding tert-OH is 1. The lowest BCUT2D eigenvalue weighted by Gasteiger charge is -2.13. The fourth-order valence-corrected chi connectivity index (χ4v) is 1.61. The average molecular weight is 283 g/mol. The Balaban J connectivity index is 2.70. The number of benzene rings is 1. The third-order valence-electron chi connectivity index (χ3n) is 2.43. The van der Waals surface area contributed by atoms with E-state index in [2.05, 4.69) is 5.32 Å². The molecule has 6 heteroatoms. The highest BCUT2D eigenvalue weighted by atomic mass is 16.5. The molecule has 1 rings (SSSR count). The van der Waals surface area contributed by atoms with Crippen molar-refractivity contribution < 1.29 is 24.5 Å². The zero-order valence-electron chi connectivity index (χ0n) is 11.8. The Kier molecular flexibility index (Phi) is 6.83. The topological polar surface area (TPSA) is 88.0 Å². The van der Waals surface area contributed by atoms with Crippen LogP contribution < -0.4 is 14.8 Å². The number of hydrogen-bond donors (Lipinski definition) is 3. The second-order valence-corrected chi connectivity index (χ2v) is 4.38. The number of hydrogen-bond acceptors (Lipinski definition) is 5. The molecule has 0 amide bonds. The largest absolute Gasteiger partial charge is 0.490 e. The van der Waals surface area contributed by atoms with E-state index in [1.807, 2.05) is 13.0 Å². The Morgan fingerprint density at radius 3 is 2.70 bits per heavy atom. The number of rotatable bonds is 9. The standard InChI is InChI=1S/C14H21NO5/c1-3-19-13-6-11(8-15-7-10(2)16)4-5-12(13)20-9-14(17)18/h4-6,10,15-16H,3,7-9H2,1-2H3,(H,17,18)/t10-/m1/s1. The van der Waals surface area contributed by atoms with Crippen LogP contribution in [0.5, 0.6) is 11.5 Å². The zero-order chi connectivity index (χ0) is 15.0. The normalized spacial score (nSPS) is 11.9. The van der Waals surface area contributed by atoms with E-state index in [1.165, 1.54) is 0 Å². The molecule has 1 aromatic rings. The van der Waals surface area contributed by atoms with Crippen molar-refractivity contribution in [3.05, 3.63) is 23.8 Å². The summed E-state index contributed by atoms with van der Waals surface area (Å²) >= 11 is 0. The van der Waals surface area contributed by atoms with Gasteiger partial charge in [0.15, 0.2) is 18.1 Å². The Hall–Kier alpha value is -1.79. The van der Waals surface area contributed by atoms with Gasteiger partial charge < -0.3 is 25.0 Å². The molecule has 0 aromatic heterocycles. The first-order valence-corrected chi connectivity index (χ1v) is 6.52. The number of aliphatic carboxylic acids is 1. The summed E-state index contributed by atoms with van der Waals surface area (Å²) in [6.45, 7) is 4.71. The smallest absolute Gasteiger partial charge is 0.341 e. The Bertz CT molecular complexity index is 434. The molecule has 0 unspecified atom stereocenters. The molecule has 1 aromatic carbocycles. The summed E-state index contributed by atoms with van der Waals surface area (Å²) in [5.41, 5.74) is 0.969. The van der Waals surface area contributed by atoms with E-state index in [0.29, 0.717) is 31.2 Å². The van der Waals surface area contributed by atoms with Crippen LogP contribution in [0.2, 0.25) is 0 Å². The predicted octanol–water partition coefficient (Wildman–Crippen LogP) is 1.02. The maximum atomic E-state index is 10.5. The van der Waals surface area contributed by atoms with Gasteiger partial charge in [0.25, 0.3) is 0 Å². The van der Waals surface area contributed by atoms with Gasteiger partial charge in [-0.2, -0.15) is 0 Å². The van der Waals surface area contributed by atoms with Crippen molar-refractivity contribution in [1.29, 1.82) is 0 Å². The molecule has 0 aliphatic heterocycles. The molecule has 20 heavy (non-hydrogen) atoms. The van der Waals surface area contributed by atoms with Gasteiger partial charge in [0.2, 0.25) is 0 Å². The monoisotopic (exact) mass is 283 g/mol. The first kappa shape index (κ1) is 16.3. The van der Waals surface area contributed by atoms with Crippen LogP contribution in [-0.4, -0.2) is 42.0 Å². The molecule has 6 nitrogen and oxygen atoms in total. The van der Waals surface area contributed by atoms with Crippen molar-refractivity contribution in [2.45, 2.75) is 26.5 Å². The molecule has 0 fully saturated rings. The minimum absolute atomic E-state index is 0.403. The van der Waals surface area contributed by atoms with Crippen LogP contribution in [0.25, 0.3) is 0 Å². The van der Waals surface area contributed by atoms with Crippen molar-refractivity contribution in [3.8, 4) is 11.5 Å². The molecule has 0 aliphatic rings.